The molecular weight excluding hydrogens is 821 g/mol. The first-order chi connectivity index (χ1) is 33.8. The average Bonchev–Trinajstić information content (AvgIpc) is 3.76. The molecule has 0 saturated carbocycles. The predicted octanol–water partition coefficient (Wildman–Crippen LogP) is 18.3. The van der Waals surface area contributed by atoms with Crippen molar-refractivity contribution in [1.29, 1.82) is 0 Å². The van der Waals surface area contributed by atoms with Crippen molar-refractivity contribution in [2.45, 2.75) is 0 Å². The molecule has 0 N–H and O–H groups in total. The lowest BCUT2D eigenvalue weighted by Crippen LogP contribution is -2.14. The number of benzene rings is 11. The van der Waals surface area contributed by atoms with Gasteiger partial charge in [-0.1, -0.05) is 218 Å². The van der Waals surface area contributed by atoms with E-state index < -0.39 is 0 Å². The Kier molecular flexibility index (Phi) is 10.6. The number of rotatable bonds is 10. The third-order valence-corrected chi connectivity index (χ3v) is 13.2. The lowest BCUT2D eigenvalue weighted by Gasteiger charge is -2.31. The standard InChI is InChI=1S/C66H46N2/c1-4-22-47(23-5-1)51-44-52(48-24-6-2-7-25-48)46-53(45-51)49-40-42-54(43-41-49)67(65-38-20-21-39-66(65)68-63-36-18-15-33-60(63)61-34-16-19-37-64(61)68)62-35-17-14-32-59(62)58-31-13-12-30-57(58)56-29-11-10-28-55(56)50-26-8-3-9-27-50/h1-46H. The molecule has 68 heavy (non-hydrogen) atoms. The Morgan fingerprint density at radius 1 is 0.235 bits per heavy atom. The van der Waals surface area contributed by atoms with Crippen LogP contribution in [0.4, 0.5) is 17.1 Å². The van der Waals surface area contributed by atoms with Gasteiger partial charge in [-0.2, -0.15) is 0 Å². The number of fused-ring (bicyclic) bond motifs is 3. The van der Waals surface area contributed by atoms with Crippen LogP contribution in [-0.2, 0) is 0 Å². The lowest BCUT2D eigenvalue weighted by atomic mass is 9.88. The van der Waals surface area contributed by atoms with Crippen molar-refractivity contribution in [2.75, 3.05) is 4.90 Å². The summed E-state index contributed by atoms with van der Waals surface area (Å²) < 4.78 is 2.44. The third kappa shape index (κ3) is 7.45. The monoisotopic (exact) mass is 866 g/mol. The molecule has 1 heterocycles. The first kappa shape index (κ1) is 40.5. The van der Waals surface area contributed by atoms with Gasteiger partial charge in [0.2, 0.25) is 0 Å². The number of para-hydroxylation sites is 5. The molecule has 11 aromatic carbocycles. The first-order valence-corrected chi connectivity index (χ1v) is 23.3. The summed E-state index contributed by atoms with van der Waals surface area (Å²) >= 11 is 0. The molecule has 12 rings (SSSR count). The Bertz CT molecular complexity index is 3610. The number of hydrogen-bond donors (Lipinski definition) is 0. The quantitative estimate of drug-likeness (QED) is 0.133. The molecule has 0 aliphatic carbocycles. The van der Waals surface area contributed by atoms with Crippen molar-refractivity contribution in [1.82, 2.24) is 4.57 Å². The molecule has 0 radical (unpaired) electrons. The molecule has 0 fully saturated rings. The highest BCUT2D eigenvalue weighted by Gasteiger charge is 2.24. The topological polar surface area (TPSA) is 8.17 Å². The van der Waals surface area contributed by atoms with Gasteiger partial charge >= 0.3 is 0 Å². The van der Waals surface area contributed by atoms with E-state index in [0.717, 1.165) is 39.4 Å². The molecule has 0 atom stereocenters. The fraction of sp³-hybridized carbons (Fsp3) is 0. The van der Waals surface area contributed by atoms with Gasteiger partial charge in [-0.05, 0) is 122 Å². The van der Waals surface area contributed by atoms with Crippen LogP contribution in [-0.4, -0.2) is 4.57 Å². The van der Waals surface area contributed by atoms with Crippen molar-refractivity contribution in [2.24, 2.45) is 0 Å². The summed E-state index contributed by atoms with van der Waals surface area (Å²) in [5.74, 6) is 0. The smallest absolute Gasteiger partial charge is 0.0702 e. The van der Waals surface area contributed by atoms with Crippen LogP contribution in [0.5, 0.6) is 0 Å². The van der Waals surface area contributed by atoms with Crippen molar-refractivity contribution >= 4 is 38.9 Å². The van der Waals surface area contributed by atoms with Crippen LogP contribution in [0.3, 0.4) is 0 Å². The highest BCUT2D eigenvalue weighted by molar-refractivity contribution is 6.10. The molecule has 0 saturated heterocycles. The van der Waals surface area contributed by atoms with E-state index in [4.69, 9.17) is 0 Å². The molecule has 0 spiro atoms. The van der Waals surface area contributed by atoms with Gasteiger partial charge in [-0.3, -0.25) is 0 Å². The van der Waals surface area contributed by atoms with Crippen LogP contribution in [0.15, 0.2) is 279 Å². The van der Waals surface area contributed by atoms with Gasteiger partial charge in [0.15, 0.2) is 0 Å². The summed E-state index contributed by atoms with van der Waals surface area (Å²) in [6.07, 6.45) is 0. The molecule has 2 nitrogen and oxygen atoms in total. The number of aromatic nitrogens is 1. The molecule has 320 valence electrons. The molecule has 0 unspecified atom stereocenters. The van der Waals surface area contributed by atoms with E-state index in [9.17, 15) is 0 Å². The van der Waals surface area contributed by atoms with Gasteiger partial charge in [0.05, 0.1) is 28.1 Å². The highest BCUT2D eigenvalue weighted by Crippen LogP contribution is 2.48. The van der Waals surface area contributed by atoms with E-state index in [1.807, 2.05) is 0 Å². The molecular formula is C66H46N2. The van der Waals surface area contributed by atoms with Gasteiger partial charge < -0.3 is 9.47 Å². The normalized spacial score (nSPS) is 11.2. The van der Waals surface area contributed by atoms with E-state index in [2.05, 4.69) is 289 Å². The Morgan fingerprint density at radius 2 is 0.603 bits per heavy atom. The molecule has 12 aromatic rings. The second-order valence-corrected chi connectivity index (χ2v) is 17.2. The molecule has 0 aliphatic heterocycles. The average molecular weight is 867 g/mol. The third-order valence-electron chi connectivity index (χ3n) is 13.2. The number of anilines is 3. The largest absolute Gasteiger partial charge is 0.308 e. The highest BCUT2D eigenvalue weighted by atomic mass is 15.2. The van der Waals surface area contributed by atoms with Crippen molar-refractivity contribution in [3.05, 3.63) is 279 Å². The maximum Gasteiger partial charge on any atom is 0.0702 e. The van der Waals surface area contributed by atoms with Gasteiger partial charge in [-0.25, -0.2) is 0 Å². The Labute approximate surface area is 397 Å². The predicted molar refractivity (Wildman–Crippen MR) is 288 cm³/mol. The summed E-state index contributed by atoms with van der Waals surface area (Å²) in [5, 5.41) is 2.46. The first-order valence-electron chi connectivity index (χ1n) is 23.3. The Balaban J connectivity index is 1.07. The minimum atomic E-state index is 1.05. The van der Waals surface area contributed by atoms with Gasteiger partial charge in [0.25, 0.3) is 0 Å². The van der Waals surface area contributed by atoms with E-state index in [0.29, 0.717) is 0 Å². The summed E-state index contributed by atoms with van der Waals surface area (Å²) in [7, 11) is 0. The maximum atomic E-state index is 2.47. The number of nitrogens with zero attached hydrogens (tertiary/aromatic N) is 2. The SMILES string of the molecule is c1ccc(-c2cc(-c3ccccc3)cc(-c3ccc(N(c4ccccc4-c4ccccc4-c4ccccc4-c4ccccc4)c4ccccc4-n4c5ccccc5c5ccccc54)cc3)c2)cc1. The van der Waals surface area contributed by atoms with Crippen LogP contribution >= 0.6 is 0 Å². The summed E-state index contributed by atoms with van der Waals surface area (Å²) in [6, 6.07) is 101. The van der Waals surface area contributed by atoms with Crippen LogP contribution in [0.2, 0.25) is 0 Å². The Hall–Kier alpha value is -8.98. The molecule has 0 bridgehead atoms. The van der Waals surface area contributed by atoms with E-state index >= 15 is 0 Å². The zero-order valence-corrected chi connectivity index (χ0v) is 37.5. The molecule has 2 heteroatoms. The fourth-order valence-corrected chi connectivity index (χ4v) is 10.1. The summed E-state index contributed by atoms with van der Waals surface area (Å²) in [5.41, 5.74) is 20.8. The zero-order chi connectivity index (χ0) is 45.2. The van der Waals surface area contributed by atoms with E-state index in [1.54, 1.807) is 0 Å². The molecule has 1 aromatic heterocycles. The summed E-state index contributed by atoms with van der Waals surface area (Å²) in [6.45, 7) is 0. The van der Waals surface area contributed by atoms with Crippen LogP contribution in [0.25, 0.3) is 94.3 Å². The van der Waals surface area contributed by atoms with Gasteiger partial charge in [-0.15, -0.1) is 0 Å². The van der Waals surface area contributed by atoms with Gasteiger partial charge in [0, 0.05) is 22.0 Å². The van der Waals surface area contributed by atoms with E-state index in [1.165, 1.54) is 71.9 Å². The van der Waals surface area contributed by atoms with Crippen LogP contribution in [0, 0.1) is 0 Å². The fourth-order valence-electron chi connectivity index (χ4n) is 10.1. The van der Waals surface area contributed by atoms with Crippen LogP contribution < -0.4 is 4.90 Å². The molecule has 0 aliphatic rings. The minimum absolute atomic E-state index is 1.05. The van der Waals surface area contributed by atoms with Gasteiger partial charge in [0.1, 0.15) is 0 Å². The molecule has 0 amide bonds. The van der Waals surface area contributed by atoms with Crippen LogP contribution in [0.1, 0.15) is 0 Å². The zero-order valence-electron chi connectivity index (χ0n) is 37.5. The van der Waals surface area contributed by atoms with Crippen molar-refractivity contribution in [3.63, 3.8) is 0 Å². The Morgan fingerprint density at radius 3 is 1.15 bits per heavy atom. The second kappa shape index (κ2) is 17.8. The van der Waals surface area contributed by atoms with E-state index in [-0.39, 0.29) is 0 Å². The second-order valence-electron chi connectivity index (χ2n) is 17.2. The maximum absolute atomic E-state index is 2.47. The summed E-state index contributed by atoms with van der Waals surface area (Å²) in [4.78, 5) is 2.47. The number of hydrogen-bond acceptors (Lipinski definition) is 1. The van der Waals surface area contributed by atoms with Crippen molar-refractivity contribution in [3.8, 4) is 72.4 Å². The lowest BCUT2D eigenvalue weighted by molar-refractivity contribution is 1.15. The van der Waals surface area contributed by atoms with Crippen molar-refractivity contribution < 1.29 is 0 Å². The minimum Gasteiger partial charge on any atom is -0.308 e.